The molecule has 2 aromatic rings. The molecular formula is C21H27NO. The lowest BCUT2D eigenvalue weighted by atomic mass is 9.97. The smallest absolute Gasteiger partial charge is 0.224 e. The average Bonchev–Trinajstić information content (AvgIpc) is 2.60. The van der Waals surface area contributed by atoms with Crippen molar-refractivity contribution in [3.05, 3.63) is 64.7 Å². The lowest BCUT2D eigenvalue weighted by molar-refractivity contribution is -0.116. The third kappa shape index (κ3) is 4.69. The molecule has 0 radical (unpaired) electrons. The van der Waals surface area contributed by atoms with Gasteiger partial charge in [0.05, 0.1) is 0 Å². The van der Waals surface area contributed by atoms with Crippen molar-refractivity contribution in [3.8, 4) is 0 Å². The van der Waals surface area contributed by atoms with E-state index in [1.54, 1.807) is 0 Å². The van der Waals surface area contributed by atoms with Crippen molar-refractivity contribution in [1.29, 1.82) is 0 Å². The van der Waals surface area contributed by atoms with Crippen LogP contribution in [0.25, 0.3) is 0 Å². The van der Waals surface area contributed by atoms with E-state index in [0.717, 1.165) is 31.4 Å². The zero-order valence-electron chi connectivity index (χ0n) is 14.5. The Kier molecular flexibility index (Phi) is 6.40. The first-order valence-electron chi connectivity index (χ1n) is 8.66. The van der Waals surface area contributed by atoms with Gasteiger partial charge in [-0.3, -0.25) is 4.79 Å². The van der Waals surface area contributed by atoms with Crippen LogP contribution in [-0.2, 0) is 30.5 Å². The summed E-state index contributed by atoms with van der Waals surface area (Å²) >= 11 is 0. The van der Waals surface area contributed by atoms with Crippen molar-refractivity contribution in [3.63, 3.8) is 0 Å². The zero-order valence-corrected chi connectivity index (χ0v) is 14.5. The van der Waals surface area contributed by atoms with Gasteiger partial charge < -0.3 is 5.32 Å². The summed E-state index contributed by atoms with van der Waals surface area (Å²) in [6.07, 6.45) is 4.21. The van der Waals surface area contributed by atoms with Crippen LogP contribution >= 0.6 is 0 Å². The third-order valence-corrected chi connectivity index (χ3v) is 4.28. The van der Waals surface area contributed by atoms with Gasteiger partial charge in [0.15, 0.2) is 0 Å². The number of rotatable bonds is 7. The maximum Gasteiger partial charge on any atom is 0.224 e. The van der Waals surface area contributed by atoms with E-state index in [1.165, 1.54) is 22.3 Å². The summed E-state index contributed by atoms with van der Waals surface area (Å²) in [6.45, 7) is 6.47. The van der Waals surface area contributed by atoms with Crippen molar-refractivity contribution >= 4 is 11.6 Å². The van der Waals surface area contributed by atoms with Gasteiger partial charge in [-0.15, -0.1) is 0 Å². The van der Waals surface area contributed by atoms with Crippen LogP contribution < -0.4 is 5.32 Å². The first-order chi connectivity index (χ1) is 11.2. The van der Waals surface area contributed by atoms with Crippen LogP contribution in [-0.4, -0.2) is 5.91 Å². The molecular weight excluding hydrogens is 282 g/mol. The third-order valence-electron chi connectivity index (χ3n) is 4.28. The minimum Gasteiger partial charge on any atom is -0.326 e. The molecule has 0 spiro atoms. The van der Waals surface area contributed by atoms with Crippen LogP contribution in [0.3, 0.4) is 0 Å². The molecule has 2 heteroatoms. The van der Waals surface area contributed by atoms with Crippen molar-refractivity contribution in [2.75, 3.05) is 5.32 Å². The number of amides is 1. The molecule has 2 nitrogen and oxygen atoms in total. The molecule has 1 amide bonds. The Balaban J connectivity index is 2.10. The molecule has 23 heavy (non-hydrogen) atoms. The molecule has 0 aliphatic heterocycles. The number of benzene rings is 2. The van der Waals surface area contributed by atoms with Gasteiger partial charge >= 0.3 is 0 Å². The highest BCUT2D eigenvalue weighted by atomic mass is 16.1. The van der Waals surface area contributed by atoms with Gasteiger partial charge in [-0.25, -0.2) is 0 Å². The number of carbonyl (C=O) groups excluding carboxylic acids is 1. The number of carbonyl (C=O) groups is 1. The molecule has 1 N–H and O–H groups in total. The molecule has 0 fully saturated rings. The second kappa shape index (κ2) is 8.52. The SMILES string of the molecule is CCc1cc(CC)c(NC(=O)CCc2ccccc2)c(CC)c1. The Bertz CT molecular complexity index is 621. The quantitative estimate of drug-likeness (QED) is 0.770. The first kappa shape index (κ1) is 17.3. The number of anilines is 1. The summed E-state index contributed by atoms with van der Waals surface area (Å²) in [7, 11) is 0. The largest absolute Gasteiger partial charge is 0.326 e. The second-order valence-electron chi connectivity index (χ2n) is 5.88. The molecule has 122 valence electrons. The predicted octanol–water partition coefficient (Wildman–Crippen LogP) is 4.95. The van der Waals surface area contributed by atoms with Gasteiger partial charge in [0, 0.05) is 12.1 Å². The minimum absolute atomic E-state index is 0.0995. The van der Waals surface area contributed by atoms with E-state index in [0.29, 0.717) is 6.42 Å². The van der Waals surface area contributed by atoms with Crippen LogP contribution in [0.4, 0.5) is 5.69 Å². The molecule has 2 aromatic carbocycles. The fourth-order valence-corrected chi connectivity index (χ4v) is 2.87. The van der Waals surface area contributed by atoms with Crippen molar-refractivity contribution < 1.29 is 4.79 Å². The summed E-state index contributed by atoms with van der Waals surface area (Å²) < 4.78 is 0. The van der Waals surface area contributed by atoms with E-state index < -0.39 is 0 Å². The molecule has 2 rings (SSSR count). The number of nitrogens with one attached hydrogen (secondary N) is 1. The number of hydrogen-bond acceptors (Lipinski definition) is 1. The van der Waals surface area contributed by atoms with Crippen molar-refractivity contribution in [1.82, 2.24) is 0 Å². The summed E-state index contributed by atoms with van der Waals surface area (Å²) in [5.41, 5.74) is 6.07. The van der Waals surface area contributed by atoms with Gasteiger partial charge in [0.1, 0.15) is 0 Å². The zero-order chi connectivity index (χ0) is 16.7. The summed E-state index contributed by atoms with van der Waals surface area (Å²) in [5.74, 6) is 0.0995. The van der Waals surface area contributed by atoms with E-state index >= 15 is 0 Å². The monoisotopic (exact) mass is 309 g/mol. The average molecular weight is 309 g/mol. The van der Waals surface area contributed by atoms with Crippen molar-refractivity contribution in [2.24, 2.45) is 0 Å². The fourth-order valence-electron chi connectivity index (χ4n) is 2.87. The van der Waals surface area contributed by atoms with Crippen LogP contribution in [0.1, 0.15) is 49.4 Å². The topological polar surface area (TPSA) is 29.1 Å². The number of aryl methyl sites for hydroxylation is 4. The van der Waals surface area contributed by atoms with Gasteiger partial charge in [0.25, 0.3) is 0 Å². The molecule has 0 saturated carbocycles. The Morgan fingerprint density at radius 1 is 0.870 bits per heavy atom. The van der Waals surface area contributed by atoms with Crippen LogP contribution in [0.5, 0.6) is 0 Å². The standard InChI is InChI=1S/C21H27NO/c1-4-16-14-18(5-2)21(19(6-3)15-16)22-20(23)13-12-17-10-8-7-9-11-17/h7-11,14-15H,4-6,12-13H2,1-3H3,(H,22,23). The van der Waals surface area contributed by atoms with E-state index in [-0.39, 0.29) is 5.91 Å². The lowest BCUT2D eigenvalue weighted by Crippen LogP contribution is -2.15. The van der Waals surface area contributed by atoms with Crippen LogP contribution in [0.2, 0.25) is 0 Å². The Morgan fingerprint density at radius 2 is 1.48 bits per heavy atom. The highest BCUT2D eigenvalue weighted by molar-refractivity contribution is 5.92. The van der Waals surface area contributed by atoms with E-state index in [1.807, 2.05) is 18.2 Å². The lowest BCUT2D eigenvalue weighted by Gasteiger charge is -2.16. The molecule has 0 aliphatic carbocycles. The van der Waals surface area contributed by atoms with Gasteiger partial charge in [-0.2, -0.15) is 0 Å². The molecule has 0 atom stereocenters. The molecule has 0 aromatic heterocycles. The van der Waals surface area contributed by atoms with E-state index in [4.69, 9.17) is 0 Å². The Hall–Kier alpha value is -2.09. The summed E-state index contributed by atoms with van der Waals surface area (Å²) in [6, 6.07) is 14.6. The van der Waals surface area contributed by atoms with Gasteiger partial charge in [0.2, 0.25) is 5.91 Å². The molecule has 0 bridgehead atoms. The summed E-state index contributed by atoms with van der Waals surface area (Å²) in [4.78, 5) is 12.4. The van der Waals surface area contributed by atoms with Crippen molar-refractivity contribution in [2.45, 2.75) is 52.9 Å². The predicted molar refractivity (Wildman–Crippen MR) is 98.0 cm³/mol. The Labute approximate surface area is 139 Å². The van der Waals surface area contributed by atoms with Crippen LogP contribution in [0.15, 0.2) is 42.5 Å². The van der Waals surface area contributed by atoms with Gasteiger partial charge in [-0.05, 0) is 47.9 Å². The van der Waals surface area contributed by atoms with Gasteiger partial charge in [-0.1, -0.05) is 63.2 Å². The second-order valence-corrected chi connectivity index (χ2v) is 5.88. The van der Waals surface area contributed by atoms with E-state index in [9.17, 15) is 4.79 Å². The van der Waals surface area contributed by atoms with E-state index in [2.05, 4.69) is 50.4 Å². The molecule has 0 unspecified atom stereocenters. The fraction of sp³-hybridized carbons (Fsp3) is 0.381. The molecule has 0 aliphatic rings. The molecule has 0 saturated heterocycles. The van der Waals surface area contributed by atoms with Crippen LogP contribution in [0, 0.1) is 0 Å². The Morgan fingerprint density at radius 3 is 2.00 bits per heavy atom. The highest BCUT2D eigenvalue weighted by Crippen LogP contribution is 2.25. The molecule has 0 heterocycles. The maximum atomic E-state index is 12.4. The number of hydrogen-bond donors (Lipinski definition) is 1. The summed E-state index contributed by atoms with van der Waals surface area (Å²) in [5, 5.41) is 3.16. The normalized spacial score (nSPS) is 10.6. The minimum atomic E-state index is 0.0995. The first-order valence-corrected chi connectivity index (χ1v) is 8.66. The highest BCUT2D eigenvalue weighted by Gasteiger charge is 2.12. The maximum absolute atomic E-state index is 12.4.